The molecule has 1 aliphatic rings. The number of rotatable bonds is 5. The Bertz CT molecular complexity index is 748. The standard InChI is InChI=1S/C19H24FN5O.ClH/c1-25(2)17-11-12-21-19(24-17)23-16-9-7-15(8-10-16)22-18(26)13-3-5-14(20)6-4-13;/h3-6,11-12,15-16H,7-10H2,1-2H3,(H,22,26)(H,21,23,24);1H/t15-,16+;. The van der Waals surface area contributed by atoms with Gasteiger partial charge in [0.25, 0.3) is 5.91 Å². The van der Waals surface area contributed by atoms with Crippen molar-refractivity contribution < 1.29 is 9.18 Å². The van der Waals surface area contributed by atoms with Crippen molar-refractivity contribution in [1.29, 1.82) is 0 Å². The molecule has 1 aliphatic carbocycles. The lowest BCUT2D eigenvalue weighted by Crippen LogP contribution is -2.40. The molecular formula is C19H25ClFN5O. The molecule has 1 saturated carbocycles. The van der Waals surface area contributed by atoms with E-state index in [0.29, 0.717) is 17.6 Å². The predicted octanol–water partition coefficient (Wildman–Crippen LogP) is 3.26. The van der Waals surface area contributed by atoms with Crippen molar-refractivity contribution in [3.63, 3.8) is 0 Å². The number of amides is 1. The fraction of sp³-hybridized carbons (Fsp3) is 0.421. The number of carbonyl (C=O) groups excluding carboxylic acids is 1. The molecule has 146 valence electrons. The minimum absolute atomic E-state index is 0. The first-order valence-electron chi connectivity index (χ1n) is 8.84. The van der Waals surface area contributed by atoms with Gasteiger partial charge in [-0.1, -0.05) is 0 Å². The number of nitrogens with one attached hydrogen (secondary N) is 2. The number of carbonyl (C=O) groups is 1. The van der Waals surface area contributed by atoms with Crippen LogP contribution in [0.2, 0.25) is 0 Å². The molecule has 0 unspecified atom stereocenters. The van der Waals surface area contributed by atoms with Gasteiger partial charge in [-0.15, -0.1) is 12.4 Å². The molecule has 0 bridgehead atoms. The molecule has 0 aliphatic heterocycles. The number of hydrogen-bond donors (Lipinski definition) is 2. The summed E-state index contributed by atoms with van der Waals surface area (Å²) < 4.78 is 12.9. The van der Waals surface area contributed by atoms with Crippen LogP contribution in [0.3, 0.4) is 0 Å². The van der Waals surface area contributed by atoms with Gasteiger partial charge in [0.2, 0.25) is 5.95 Å². The van der Waals surface area contributed by atoms with Crippen LogP contribution in [0.1, 0.15) is 36.0 Å². The minimum atomic E-state index is -0.339. The highest BCUT2D eigenvalue weighted by atomic mass is 35.5. The Hall–Kier alpha value is -2.41. The molecular weight excluding hydrogens is 369 g/mol. The molecule has 1 aromatic heterocycles. The molecule has 6 nitrogen and oxygen atoms in total. The Morgan fingerprint density at radius 2 is 1.70 bits per heavy atom. The van der Waals surface area contributed by atoms with E-state index in [4.69, 9.17) is 0 Å². The van der Waals surface area contributed by atoms with E-state index in [1.54, 1.807) is 6.20 Å². The number of hydrogen-bond acceptors (Lipinski definition) is 5. The Kier molecular flexibility index (Phi) is 7.36. The second-order valence-electron chi connectivity index (χ2n) is 6.81. The molecule has 3 rings (SSSR count). The molecule has 0 radical (unpaired) electrons. The van der Waals surface area contributed by atoms with Crippen molar-refractivity contribution in [2.45, 2.75) is 37.8 Å². The molecule has 2 aromatic rings. The second kappa shape index (κ2) is 9.50. The third kappa shape index (κ3) is 5.79. The van der Waals surface area contributed by atoms with Gasteiger partial charge in [0, 0.05) is 37.9 Å². The SMILES string of the molecule is CN(C)c1ccnc(N[C@H]2CC[C@@H](NC(=O)c3ccc(F)cc3)CC2)n1.Cl. The zero-order valence-electron chi connectivity index (χ0n) is 15.5. The molecule has 2 N–H and O–H groups in total. The topological polar surface area (TPSA) is 70.2 Å². The molecule has 1 heterocycles. The Balaban J connectivity index is 0.00000261. The van der Waals surface area contributed by atoms with E-state index in [9.17, 15) is 9.18 Å². The van der Waals surface area contributed by atoms with Crippen molar-refractivity contribution >= 4 is 30.1 Å². The number of benzene rings is 1. The van der Waals surface area contributed by atoms with Crippen LogP contribution in [0, 0.1) is 5.82 Å². The fourth-order valence-corrected chi connectivity index (χ4v) is 3.10. The van der Waals surface area contributed by atoms with Crippen molar-refractivity contribution in [3.05, 3.63) is 47.9 Å². The van der Waals surface area contributed by atoms with Crippen LogP contribution in [-0.2, 0) is 0 Å². The first-order chi connectivity index (χ1) is 12.5. The quantitative estimate of drug-likeness (QED) is 0.815. The Labute approximate surface area is 165 Å². The third-order valence-corrected chi connectivity index (χ3v) is 4.60. The van der Waals surface area contributed by atoms with Gasteiger partial charge in [-0.3, -0.25) is 4.79 Å². The lowest BCUT2D eigenvalue weighted by Gasteiger charge is -2.29. The Morgan fingerprint density at radius 1 is 1.07 bits per heavy atom. The average molecular weight is 394 g/mol. The van der Waals surface area contributed by atoms with Gasteiger partial charge in [0.15, 0.2) is 0 Å². The van der Waals surface area contributed by atoms with Crippen LogP contribution in [-0.4, -0.2) is 42.1 Å². The summed E-state index contributed by atoms with van der Waals surface area (Å²) >= 11 is 0. The van der Waals surface area contributed by atoms with Gasteiger partial charge in [0.05, 0.1) is 0 Å². The van der Waals surface area contributed by atoms with Crippen molar-refractivity contribution in [3.8, 4) is 0 Å². The monoisotopic (exact) mass is 393 g/mol. The predicted molar refractivity (Wildman–Crippen MR) is 107 cm³/mol. The Morgan fingerprint density at radius 3 is 2.33 bits per heavy atom. The van der Waals surface area contributed by atoms with Crippen LogP contribution in [0.25, 0.3) is 0 Å². The zero-order valence-corrected chi connectivity index (χ0v) is 16.3. The molecule has 1 aromatic carbocycles. The summed E-state index contributed by atoms with van der Waals surface area (Å²) in [5.41, 5.74) is 0.487. The van der Waals surface area contributed by atoms with Crippen LogP contribution >= 0.6 is 12.4 Å². The van der Waals surface area contributed by atoms with Gasteiger partial charge in [-0.05, 0) is 56.0 Å². The summed E-state index contributed by atoms with van der Waals surface area (Å²) in [4.78, 5) is 22.9. The maximum Gasteiger partial charge on any atom is 0.251 e. The van der Waals surface area contributed by atoms with Crippen LogP contribution in [0.4, 0.5) is 16.2 Å². The molecule has 0 spiro atoms. The molecule has 1 amide bonds. The van der Waals surface area contributed by atoms with Crippen molar-refractivity contribution in [2.24, 2.45) is 0 Å². The largest absolute Gasteiger partial charge is 0.363 e. The van der Waals surface area contributed by atoms with Gasteiger partial charge < -0.3 is 15.5 Å². The first kappa shape index (κ1) is 20.9. The van der Waals surface area contributed by atoms with E-state index in [1.165, 1.54) is 24.3 Å². The number of halogens is 2. The number of anilines is 2. The average Bonchev–Trinajstić information content (AvgIpc) is 2.64. The smallest absolute Gasteiger partial charge is 0.251 e. The first-order valence-corrected chi connectivity index (χ1v) is 8.84. The number of aromatic nitrogens is 2. The molecule has 0 saturated heterocycles. The lowest BCUT2D eigenvalue weighted by molar-refractivity contribution is 0.0926. The van der Waals surface area contributed by atoms with Crippen molar-refractivity contribution in [2.75, 3.05) is 24.3 Å². The molecule has 27 heavy (non-hydrogen) atoms. The van der Waals surface area contributed by atoms with Crippen LogP contribution in [0.15, 0.2) is 36.5 Å². The second-order valence-corrected chi connectivity index (χ2v) is 6.81. The molecule has 8 heteroatoms. The maximum atomic E-state index is 12.9. The summed E-state index contributed by atoms with van der Waals surface area (Å²) in [6, 6.07) is 7.92. The van der Waals surface area contributed by atoms with E-state index in [2.05, 4.69) is 20.6 Å². The molecule has 0 atom stereocenters. The summed E-state index contributed by atoms with van der Waals surface area (Å²) in [6.07, 6.45) is 5.39. The highest BCUT2D eigenvalue weighted by molar-refractivity contribution is 5.94. The van der Waals surface area contributed by atoms with Crippen LogP contribution < -0.4 is 15.5 Å². The summed E-state index contributed by atoms with van der Waals surface area (Å²) in [6.45, 7) is 0. The van der Waals surface area contributed by atoms with E-state index >= 15 is 0 Å². The van der Waals surface area contributed by atoms with E-state index in [1.807, 2.05) is 25.1 Å². The summed E-state index contributed by atoms with van der Waals surface area (Å²) in [5.74, 6) is 1.01. The highest BCUT2D eigenvalue weighted by Crippen LogP contribution is 2.22. The summed E-state index contributed by atoms with van der Waals surface area (Å²) in [5, 5.41) is 6.42. The fourth-order valence-electron chi connectivity index (χ4n) is 3.10. The van der Waals surface area contributed by atoms with E-state index in [0.717, 1.165) is 31.5 Å². The van der Waals surface area contributed by atoms with Crippen molar-refractivity contribution in [1.82, 2.24) is 15.3 Å². The highest BCUT2D eigenvalue weighted by Gasteiger charge is 2.23. The lowest BCUT2D eigenvalue weighted by atomic mass is 9.91. The minimum Gasteiger partial charge on any atom is -0.363 e. The zero-order chi connectivity index (χ0) is 18.5. The van der Waals surface area contributed by atoms with E-state index < -0.39 is 0 Å². The van der Waals surface area contributed by atoms with Gasteiger partial charge >= 0.3 is 0 Å². The van der Waals surface area contributed by atoms with E-state index in [-0.39, 0.29) is 30.2 Å². The maximum absolute atomic E-state index is 12.9. The van der Waals surface area contributed by atoms with Crippen LogP contribution in [0.5, 0.6) is 0 Å². The normalized spacial score (nSPS) is 18.9. The summed E-state index contributed by atoms with van der Waals surface area (Å²) in [7, 11) is 3.89. The molecule has 1 fully saturated rings. The van der Waals surface area contributed by atoms with Gasteiger partial charge in [-0.25, -0.2) is 9.37 Å². The van der Waals surface area contributed by atoms with Gasteiger partial charge in [-0.2, -0.15) is 4.98 Å². The number of nitrogens with zero attached hydrogens (tertiary/aromatic N) is 3. The van der Waals surface area contributed by atoms with Gasteiger partial charge in [0.1, 0.15) is 11.6 Å². The third-order valence-electron chi connectivity index (χ3n) is 4.60.